The highest BCUT2D eigenvalue weighted by Gasteiger charge is 2.27. The van der Waals surface area contributed by atoms with Crippen LogP contribution < -0.4 is 0 Å². The molecule has 72 valence electrons. The number of rotatable bonds is 3. The molecule has 0 atom stereocenters. The molecule has 0 rings (SSSR count). The zero-order chi connectivity index (χ0) is 9.99. The molecule has 0 aromatic heterocycles. The summed E-state index contributed by atoms with van der Waals surface area (Å²) in [5.74, 6) is 0. The van der Waals surface area contributed by atoms with E-state index < -0.39 is 10.0 Å². The van der Waals surface area contributed by atoms with Crippen molar-refractivity contribution in [2.75, 3.05) is 12.8 Å². The highest BCUT2D eigenvalue weighted by Crippen LogP contribution is 2.16. The molecule has 0 aromatic carbocycles. The summed E-state index contributed by atoms with van der Waals surface area (Å²) >= 11 is 0. The molecular weight excluding hydrogens is 174 g/mol. The van der Waals surface area contributed by atoms with Crippen molar-refractivity contribution in [1.82, 2.24) is 4.31 Å². The zero-order valence-corrected chi connectivity index (χ0v) is 8.98. The minimum absolute atomic E-state index is 0.363. The summed E-state index contributed by atoms with van der Waals surface area (Å²) in [7, 11) is -3.12. The summed E-state index contributed by atoms with van der Waals surface area (Å²) < 4.78 is 23.9. The van der Waals surface area contributed by atoms with E-state index in [9.17, 15) is 8.42 Å². The molecule has 0 radical (unpaired) electrons. The van der Waals surface area contributed by atoms with E-state index in [0.29, 0.717) is 6.54 Å². The van der Waals surface area contributed by atoms with Crippen molar-refractivity contribution in [2.45, 2.75) is 26.3 Å². The van der Waals surface area contributed by atoms with Crippen LogP contribution in [0, 0.1) is 0 Å². The quantitative estimate of drug-likeness (QED) is 0.629. The fraction of sp³-hybridized carbons (Fsp3) is 0.750. The lowest BCUT2D eigenvalue weighted by Crippen LogP contribution is -2.44. The lowest BCUT2D eigenvalue weighted by molar-refractivity contribution is 0.272. The van der Waals surface area contributed by atoms with E-state index in [-0.39, 0.29) is 5.54 Å². The summed E-state index contributed by atoms with van der Waals surface area (Å²) in [6.07, 6.45) is 2.80. The van der Waals surface area contributed by atoms with E-state index in [1.165, 1.54) is 10.6 Å². The molecule has 4 heteroatoms. The molecule has 0 aliphatic rings. The number of nitrogens with zero attached hydrogens (tertiary/aromatic N) is 1. The van der Waals surface area contributed by atoms with Gasteiger partial charge in [-0.1, -0.05) is 6.08 Å². The molecular formula is C8H17NO2S. The Morgan fingerprint density at radius 1 is 1.42 bits per heavy atom. The van der Waals surface area contributed by atoms with Crippen LogP contribution in [0.15, 0.2) is 12.7 Å². The van der Waals surface area contributed by atoms with Gasteiger partial charge in [0.2, 0.25) is 10.0 Å². The van der Waals surface area contributed by atoms with Crippen LogP contribution in [0.5, 0.6) is 0 Å². The van der Waals surface area contributed by atoms with Crippen LogP contribution in [0.2, 0.25) is 0 Å². The number of hydrogen-bond donors (Lipinski definition) is 0. The van der Waals surface area contributed by atoms with Gasteiger partial charge in [0.1, 0.15) is 0 Å². The normalized spacial score (nSPS) is 13.4. The van der Waals surface area contributed by atoms with E-state index in [2.05, 4.69) is 6.58 Å². The molecule has 0 amide bonds. The largest absolute Gasteiger partial charge is 0.212 e. The first-order chi connectivity index (χ1) is 5.19. The molecule has 0 saturated carbocycles. The molecule has 0 aromatic rings. The third-order valence-electron chi connectivity index (χ3n) is 1.44. The van der Waals surface area contributed by atoms with E-state index in [1.807, 2.05) is 20.8 Å². The summed E-state index contributed by atoms with van der Waals surface area (Å²) in [4.78, 5) is 0. The van der Waals surface area contributed by atoms with Gasteiger partial charge in [0.25, 0.3) is 0 Å². The fourth-order valence-corrected chi connectivity index (χ4v) is 2.40. The van der Waals surface area contributed by atoms with Crippen molar-refractivity contribution < 1.29 is 8.42 Å². The predicted molar refractivity (Wildman–Crippen MR) is 51.5 cm³/mol. The number of hydrogen-bond acceptors (Lipinski definition) is 2. The third-order valence-corrected chi connectivity index (χ3v) is 2.94. The molecule has 12 heavy (non-hydrogen) atoms. The lowest BCUT2D eigenvalue weighted by atomic mass is 10.1. The van der Waals surface area contributed by atoms with Crippen molar-refractivity contribution in [3.8, 4) is 0 Å². The molecule has 0 spiro atoms. The summed E-state index contributed by atoms with van der Waals surface area (Å²) in [5, 5.41) is 0. The van der Waals surface area contributed by atoms with Gasteiger partial charge in [-0.3, -0.25) is 0 Å². The third kappa shape index (κ3) is 3.36. The fourth-order valence-electron chi connectivity index (χ4n) is 1.02. The molecule has 0 unspecified atom stereocenters. The Labute approximate surface area is 75.1 Å². The minimum Gasteiger partial charge on any atom is -0.212 e. The SMILES string of the molecule is C=CCN(C(C)(C)C)S(C)(=O)=O. The van der Waals surface area contributed by atoms with Crippen molar-refractivity contribution in [2.24, 2.45) is 0 Å². The Bertz CT molecular complexity index is 249. The Balaban J connectivity index is 4.81. The van der Waals surface area contributed by atoms with Crippen LogP contribution in [0.1, 0.15) is 20.8 Å². The van der Waals surface area contributed by atoms with Crippen molar-refractivity contribution >= 4 is 10.0 Å². The van der Waals surface area contributed by atoms with Crippen LogP contribution in [-0.4, -0.2) is 31.1 Å². The second-order valence-electron chi connectivity index (χ2n) is 3.75. The minimum atomic E-state index is -3.12. The zero-order valence-electron chi connectivity index (χ0n) is 8.16. The van der Waals surface area contributed by atoms with Crippen molar-refractivity contribution in [3.63, 3.8) is 0 Å². The molecule has 0 heterocycles. The average Bonchev–Trinajstić information content (AvgIpc) is 1.77. The first-order valence-electron chi connectivity index (χ1n) is 3.78. The molecule has 3 nitrogen and oxygen atoms in total. The smallest absolute Gasteiger partial charge is 0.211 e. The van der Waals surface area contributed by atoms with Gasteiger partial charge in [-0.05, 0) is 20.8 Å². The van der Waals surface area contributed by atoms with Crippen molar-refractivity contribution in [3.05, 3.63) is 12.7 Å². The highest BCUT2D eigenvalue weighted by atomic mass is 32.2. The maximum Gasteiger partial charge on any atom is 0.211 e. The number of sulfonamides is 1. The molecule has 0 aliphatic heterocycles. The molecule has 0 N–H and O–H groups in total. The summed E-state index contributed by atoms with van der Waals surface area (Å²) in [6.45, 7) is 9.46. The van der Waals surface area contributed by atoms with Crippen LogP contribution in [0.25, 0.3) is 0 Å². The Morgan fingerprint density at radius 2 is 1.83 bits per heavy atom. The van der Waals surface area contributed by atoms with Gasteiger partial charge in [0, 0.05) is 12.1 Å². The maximum atomic E-state index is 11.2. The molecule has 0 saturated heterocycles. The standard InChI is InChI=1S/C8H17NO2S/c1-6-7-9(8(2,3)4)12(5,10)11/h6H,1,7H2,2-5H3. The summed E-state index contributed by atoms with van der Waals surface area (Å²) in [6, 6.07) is 0. The van der Waals surface area contributed by atoms with Gasteiger partial charge in [0.15, 0.2) is 0 Å². The first-order valence-corrected chi connectivity index (χ1v) is 5.63. The maximum absolute atomic E-state index is 11.2. The second kappa shape index (κ2) is 3.58. The second-order valence-corrected chi connectivity index (χ2v) is 5.66. The highest BCUT2D eigenvalue weighted by molar-refractivity contribution is 7.88. The predicted octanol–water partition coefficient (Wildman–Crippen LogP) is 1.23. The lowest BCUT2D eigenvalue weighted by Gasteiger charge is -2.32. The Kier molecular flexibility index (Phi) is 3.47. The molecule has 0 bridgehead atoms. The Hall–Kier alpha value is -0.350. The van der Waals surface area contributed by atoms with E-state index in [1.54, 1.807) is 6.08 Å². The van der Waals surface area contributed by atoms with Crippen LogP contribution in [0.3, 0.4) is 0 Å². The van der Waals surface area contributed by atoms with Gasteiger partial charge >= 0.3 is 0 Å². The van der Waals surface area contributed by atoms with Gasteiger partial charge in [-0.2, -0.15) is 4.31 Å². The van der Waals surface area contributed by atoms with Gasteiger partial charge in [0.05, 0.1) is 6.26 Å². The van der Waals surface area contributed by atoms with Gasteiger partial charge in [-0.25, -0.2) is 8.42 Å². The average molecular weight is 191 g/mol. The first kappa shape index (κ1) is 11.6. The topological polar surface area (TPSA) is 37.4 Å². The van der Waals surface area contributed by atoms with E-state index >= 15 is 0 Å². The van der Waals surface area contributed by atoms with Crippen LogP contribution >= 0.6 is 0 Å². The van der Waals surface area contributed by atoms with E-state index in [0.717, 1.165) is 0 Å². The van der Waals surface area contributed by atoms with Crippen LogP contribution in [-0.2, 0) is 10.0 Å². The van der Waals surface area contributed by atoms with Gasteiger partial charge in [-0.15, -0.1) is 6.58 Å². The van der Waals surface area contributed by atoms with Gasteiger partial charge < -0.3 is 0 Å². The van der Waals surface area contributed by atoms with Crippen molar-refractivity contribution in [1.29, 1.82) is 0 Å². The molecule has 0 fully saturated rings. The van der Waals surface area contributed by atoms with E-state index in [4.69, 9.17) is 0 Å². The van der Waals surface area contributed by atoms with Crippen LogP contribution in [0.4, 0.5) is 0 Å². The summed E-state index contributed by atoms with van der Waals surface area (Å²) in [5.41, 5.74) is -0.373. The Morgan fingerprint density at radius 3 is 1.92 bits per heavy atom. The molecule has 0 aliphatic carbocycles. The monoisotopic (exact) mass is 191 g/mol.